The molecule has 28 heavy (non-hydrogen) atoms. The quantitative estimate of drug-likeness (QED) is 0.666. The minimum absolute atomic E-state index is 0.00318. The van der Waals surface area contributed by atoms with Gasteiger partial charge in [-0.15, -0.1) is 0 Å². The van der Waals surface area contributed by atoms with Gasteiger partial charge < -0.3 is 9.32 Å². The van der Waals surface area contributed by atoms with Crippen LogP contribution in [0.4, 0.5) is 0 Å². The molecule has 1 fully saturated rings. The summed E-state index contributed by atoms with van der Waals surface area (Å²) in [6, 6.07) is 6.86. The average molecular weight is 385 g/mol. The summed E-state index contributed by atoms with van der Waals surface area (Å²) in [5.74, 6) is 0.967. The fourth-order valence-electron chi connectivity index (χ4n) is 3.80. The van der Waals surface area contributed by atoms with Crippen molar-refractivity contribution >= 4 is 16.7 Å². The molecule has 6 nitrogen and oxygen atoms in total. The summed E-state index contributed by atoms with van der Waals surface area (Å²) >= 11 is 0. The summed E-state index contributed by atoms with van der Waals surface area (Å²) in [4.78, 5) is 17.7. The predicted molar refractivity (Wildman–Crippen MR) is 108 cm³/mol. The van der Waals surface area contributed by atoms with Crippen LogP contribution in [0.5, 0.6) is 0 Å². The lowest BCUT2D eigenvalue weighted by Crippen LogP contribution is -2.34. The molecule has 0 spiro atoms. The first-order chi connectivity index (χ1) is 15.9. The highest BCUT2D eigenvalue weighted by Crippen LogP contribution is 2.28. The molecule has 0 aliphatic heterocycles. The van der Waals surface area contributed by atoms with E-state index >= 15 is 0 Å². The van der Waals surface area contributed by atoms with Crippen molar-refractivity contribution in [3.8, 4) is 11.3 Å². The van der Waals surface area contributed by atoms with Crippen LogP contribution >= 0.6 is 0 Å². The maximum atomic E-state index is 12.9. The second kappa shape index (κ2) is 7.80. The third-order valence-corrected chi connectivity index (χ3v) is 5.41. The lowest BCUT2D eigenvalue weighted by Gasteiger charge is -2.31. The highest BCUT2D eigenvalue weighted by Gasteiger charge is 2.27. The Morgan fingerprint density at radius 3 is 2.75 bits per heavy atom. The number of aryl methyl sites for hydroxylation is 1. The molecule has 6 heteroatoms. The summed E-state index contributed by atoms with van der Waals surface area (Å²) in [5, 5.41) is 9.25. The Morgan fingerprint density at radius 1 is 1.21 bits per heavy atom. The molecule has 0 saturated heterocycles. The Bertz CT molecular complexity index is 1170. The van der Waals surface area contributed by atoms with Crippen LogP contribution in [0.25, 0.3) is 22.2 Å². The third kappa shape index (κ3) is 3.97. The molecule has 0 bridgehead atoms. The van der Waals surface area contributed by atoms with Gasteiger partial charge in [0, 0.05) is 38.1 Å². The van der Waals surface area contributed by atoms with E-state index in [1.165, 1.54) is 0 Å². The van der Waals surface area contributed by atoms with Gasteiger partial charge in [0.1, 0.15) is 5.78 Å². The molecule has 1 aliphatic carbocycles. The van der Waals surface area contributed by atoms with E-state index in [0.29, 0.717) is 53.4 Å². The number of ketones is 1. The lowest BCUT2D eigenvalue weighted by atomic mass is 9.82. The van der Waals surface area contributed by atoms with Gasteiger partial charge in [0.15, 0.2) is 11.7 Å². The van der Waals surface area contributed by atoms with Crippen LogP contribution in [-0.4, -0.2) is 45.9 Å². The Kier molecular flexibility index (Phi) is 3.56. The highest BCUT2D eigenvalue weighted by atomic mass is 16.4. The maximum Gasteiger partial charge on any atom is 0.191 e. The topological polar surface area (TPSA) is 72.1 Å². The van der Waals surface area contributed by atoms with Crippen molar-refractivity contribution in [2.75, 3.05) is 14.0 Å². The molecule has 1 aromatic carbocycles. The number of Topliss-reactive ketones (excluding diaryl/α,β-unsaturated/α-hetero) is 1. The van der Waals surface area contributed by atoms with E-state index in [1.807, 2.05) is 24.3 Å². The van der Waals surface area contributed by atoms with Crippen LogP contribution in [0.15, 0.2) is 34.9 Å². The normalized spacial score (nSPS) is 24.1. The fraction of sp³-hybridized carbons (Fsp3) is 0.455. The van der Waals surface area contributed by atoms with Gasteiger partial charge in [0.05, 0.1) is 23.8 Å². The van der Waals surface area contributed by atoms with Crippen molar-refractivity contribution in [1.29, 1.82) is 0 Å². The number of fused-ring (bicyclic) bond motifs is 1. The summed E-state index contributed by atoms with van der Waals surface area (Å²) in [6.45, 7) is -3.65. The van der Waals surface area contributed by atoms with Crippen LogP contribution in [0.1, 0.15) is 45.5 Å². The van der Waals surface area contributed by atoms with Crippen LogP contribution < -0.4 is 0 Å². The largest absolute Gasteiger partial charge is 0.441 e. The van der Waals surface area contributed by atoms with Gasteiger partial charge in [-0.05, 0) is 63.9 Å². The monoisotopic (exact) mass is 384 g/mol. The van der Waals surface area contributed by atoms with Crippen LogP contribution in [0.2, 0.25) is 0 Å². The van der Waals surface area contributed by atoms with E-state index in [-0.39, 0.29) is 18.1 Å². The molecule has 146 valence electrons. The second-order valence-electron chi connectivity index (χ2n) is 7.37. The SMILES string of the molecule is [2H]C([2H])([2H])N(C1CCC(C(=O)Cc2cc3cc(-c4cnc(C)o4)ccc3nn2)CC1)C([2H])([2H])[2H]. The second-order valence-corrected chi connectivity index (χ2v) is 7.37. The van der Waals surface area contributed by atoms with Crippen molar-refractivity contribution in [3.63, 3.8) is 0 Å². The number of oxazole rings is 1. The molecule has 0 atom stereocenters. The Hall–Kier alpha value is -2.60. The molecular formula is C22H26N4O2. The van der Waals surface area contributed by atoms with Gasteiger partial charge in [-0.25, -0.2) is 4.98 Å². The van der Waals surface area contributed by atoms with Gasteiger partial charge in [0.2, 0.25) is 0 Å². The molecule has 1 aliphatic rings. The first kappa shape index (κ1) is 12.8. The van der Waals surface area contributed by atoms with Crippen LogP contribution in [-0.2, 0) is 11.2 Å². The summed E-state index contributed by atoms with van der Waals surface area (Å²) in [5.41, 5.74) is 2.10. The summed E-state index contributed by atoms with van der Waals surface area (Å²) in [7, 11) is 0. The van der Waals surface area contributed by atoms with E-state index in [2.05, 4.69) is 15.2 Å². The third-order valence-electron chi connectivity index (χ3n) is 5.41. The number of carbonyl (C=O) groups is 1. The van der Waals surface area contributed by atoms with Crippen molar-refractivity contribution in [2.45, 2.75) is 45.1 Å². The smallest absolute Gasteiger partial charge is 0.191 e. The van der Waals surface area contributed by atoms with Crippen LogP contribution in [0, 0.1) is 12.8 Å². The Morgan fingerprint density at radius 2 is 2.04 bits per heavy atom. The van der Waals surface area contributed by atoms with Crippen LogP contribution in [0.3, 0.4) is 0 Å². The van der Waals surface area contributed by atoms with Crippen molar-refractivity contribution in [3.05, 3.63) is 42.0 Å². The zero-order valence-electron chi connectivity index (χ0n) is 21.7. The van der Waals surface area contributed by atoms with Gasteiger partial charge >= 0.3 is 0 Å². The number of rotatable bonds is 5. The molecule has 0 N–H and O–H groups in total. The first-order valence-corrected chi connectivity index (χ1v) is 9.43. The molecule has 4 rings (SSSR count). The predicted octanol–water partition coefficient (Wildman–Crippen LogP) is 3.83. The lowest BCUT2D eigenvalue weighted by molar-refractivity contribution is -0.123. The zero-order chi connectivity index (χ0) is 24.7. The number of benzene rings is 1. The molecular weight excluding hydrogens is 352 g/mol. The molecule has 1 saturated carbocycles. The van der Waals surface area contributed by atoms with Crippen molar-refractivity contribution < 1.29 is 17.4 Å². The van der Waals surface area contributed by atoms with E-state index in [1.54, 1.807) is 13.1 Å². The molecule has 0 radical (unpaired) electrons. The number of hydrogen-bond donors (Lipinski definition) is 0. The number of carbonyl (C=O) groups excluding carboxylic acids is 1. The van der Waals surface area contributed by atoms with Crippen molar-refractivity contribution in [1.82, 2.24) is 20.1 Å². The number of hydrogen-bond acceptors (Lipinski definition) is 6. The summed E-state index contributed by atoms with van der Waals surface area (Å²) < 4.78 is 51.2. The van der Waals surface area contributed by atoms with Crippen molar-refractivity contribution in [2.24, 2.45) is 5.92 Å². The number of nitrogens with zero attached hydrogens (tertiary/aromatic N) is 4. The van der Waals surface area contributed by atoms with Gasteiger partial charge in [-0.3, -0.25) is 4.79 Å². The molecule has 2 heterocycles. The van der Waals surface area contributed by atoms with E-state index in [0.717, 1.165) is 10.9 Å². The standard InChI is InChI=1S/C22H26N4O2/c1-14-23-13-22(28-14)16-6-9-20-17(10-16)11-18(24-25-20)12-21(27)15-4-7-19(8-5-15)26(2)3/h6,9-11,13,15,19H,4-5,7-8,12H2,1-3H3/i2D3,3D3. The number of aromatic nitrogens is 3. The molecule has 2 aromatic heterocycles. The van der Waals surface area contributed by atoms with Gasteiger partial charge in [-0.1, -0.05) is 0 Å². The molecule has 0 amide bonds. The maximum absolute atomic E-state index is 12.9. The zero-order valence-corrected chi connectivity index (χ0v) is 15.7. The first-order valence-electron chi connectivity index (χ1n) is 12.4. The van der Waals surface area contributed by atoms with E-state index < -0.39 is 20.0 Å². The van der Waals surface area contributed by atoms with Gasteiger partial charge in [0.25, 0.3) is 0 Å². The minimum Gasteiger partial charge on any atom is -0.441 e. The fourth-order valence-corrected chi connectivity index (χ4v) is 3.80. The average Bonchev–Trinajstić information content (AvgIpc) is 3.18. The molecule has 3 aromatic rings. The summed E-state index contributed by atoms with van der Waals surface area (Å²) in [6.07, 6.45) is 3.36. The Labute approximate surface area is 173 Å². The Balaban J connectivity index is 1.43. The minimum atomic E-state index is -2.71. The van der Waals surface area contributed by atoms with E-state index in [4.69, 9.17) is 12.6 Å². The van der Waals surface area contributed by atoms with E-state index in [9.17, 15) is 4.79 Å². The highest BCUT2D eigenvalue weighted by molar-refractivity contribution is 5.86. The molecule has 0 unspecified atom stereocenters. The van der Waals surface area contributed by atoms with Gasteiger partial charge in [-0.2, -0.15) is 10.2 Å².